The summed E-state index contributed by atoms with van der Waals surface area (Å²) in [6.45, 7) is 2.30. The van der Waals surface area contributed by atoms with Crippen molar-refractivity contribution in [3.8, 4) is 63.6 Å². The summed E-state index contributed by atoms with van der Waals surface area (Å²) >= 11 is 0. The molecule has 4 saturated carbocycles. The third kappa shape index (κ3) is 10.9. The molecule has 18 rings (SSSR count). The van der Waals surface area contributed by atoms with Gasteiger partial charge in [0, 0.05) is 125 Å². The van der Waals surface area contributed by atoms with Gasteiger partial charge in [-0.05, 0) is 151 Å². The van der Waals surface area contributed by atoms with Crippen LogP contribution in [0.3, 0.4) is 0 Å². The van der Waals surface area contributed by atoms with Gasteiger partial charge in [0.05, 0.1) is 42.8 Å². The van der Waals surface area contributed by atoms with E-state index in [2.05, 4.69) is 143 Å². The molecule has 13 nitrogen and oxygen atoms in total. The van der Waals surface area contributed by atoms with Gasteiger partial charge >= 0.3 is 5.97 Å². The number of nitrogens with one attached hydrogen (secondary N) is 3. The maximum Gasteiger partial charge on any atom is 0.302 e. The summed E-state index contributed by atoms with van der Waals surface area (Å²) < 4.78 is 35.6. The van der Waals surface area contributed by atoms with Crippen LogP contribution in [0.25, 0.3) is 17.2 Å². The number of carbonyl (C=O) groups excluding carboxylic acids is 1. The Kier molecular flexibility index (Phi) is 17.4. The zero-order chi connectivity index (χ0) is 69.2. The van der Waals surface area contributed by atoms with Crippen molar-refractivity contribution in [2.24, 2.45) is 46.7 Å². The first-order valence-corrected chi connectivity index (χ1v) is 40.5. The SMILES string of the molecule is COC[C@@H]1[C@H](CO)CNCc2c(O)c3c(c4c2[C@@H]2C#CC5=C(C=CC(N)N5)[C@@H]5[C@@]6(C=C[C@H]7CCCC[C@@]57c5cccc(c5)C5(CCCC5)[C@@H]1C#C2)CC[C@]1(Cc2cc(O)cc(OC)c2-c2ccc5c(c21)O[C@H]4[C@H]5COC(C)=O)C6)C=C[C@@H]1N[C@@H]2CCC[C@H](CSS[C@@H](Cc4ccccc4)[C@H]1O3)C2. The summed E-state index contributed by atoms with van der Waals surface area (Å²) in [5, 5.41) is 50.2. The molecular formula is C87H96N4O9S2. The highest BCUT2D eigenvalue weighted by Crippen LogP contribution is 2.72. The van der Waals surface area contributed by atoms with Crippen molar-refractivity contribution in [2.75, 3.05) is 46.3 Å². The van der Waals surface area contributed by atoms with Gasteiger partial charge in [-0.1, -0.05) is 169 Å². The van der Waals surface area contributed by atoms with Gasteiger partial charge in [0.15, 0.2) is 11.5 Å². The van der Waals surface area contributed by atoms with Crippen LogP contribution in [0.4, 0.5) is 0 Å². The van der Waals surface area contributed by atoms with Crippen LogP contribution in [-0.2, 0) is 49.9 Å². The number of rotatable bonds is 8. The molecule has 5 aromatic rings. The van der Waals surface area contributed by atoms with E-state index in [-0.39, 0.29) is 78.2 Å². The normalized spacial score (nSPS) is 34.4. The van der Waals surface area contributed by atoms with Gasteiger partial charge in [-0.25, -0.2) is 0 Å². The number of benzene rings is 5. The molecule has 530 valence electrons. The fourth-order valence-corrected chi connectivity index (χ4v) is 26.1. The Morgan fingerprint density at radius 3 is 2.55 bits per heavy atom. The molecule has 4 spiro atoms. The first-order chi connectivity index (χ1) is 49.8. The van der Waals surface area contributed by atoms with Gasteiger partial charge < -0.3 is 60.7 Å². The van der Waals surface area contributed by atoms with Crippen LogP contribution in [0, 0.1) is 64.6 Å². The molecule has 5 aromatic carbocycles. The minimum Gasteiger partial charge on any atom is -0.508 e. The third-order valence-electron chi connectivity index (χ3n) is 27.1. The number of esters is 1. The number of dihydropyridines is 1. The molecule has 0 aromatic heterocycles. The minimum absolute atomic E-state index is 0.00718. The number of allylic oxidation sites excluding steroid dienone is 5. The first kappa shape index (κ1) is 66.9. The zero-order valence-electron chi connectivity index (χ0n) is 59.0. The number of carbonyl (C=O) groups is 1. The molecule has 6 aliphatic heterocycles. The second-order valence-corrected chi connectivity index (χ2v) is 35.1. The number of nitrogens with two attached hydrogens (primary N) is 1. The number of aromatic hydroxyl groups is 2. The quantitative estimate of drug-likeness (QED) is 0.0337. The molecule has 1 unspecified atom stereocenters. The van der Waals surface area contributed by atoms with E-state index >= 15 is 0 Å². The number of hydrogen-bond donors (Lipinski definition) is 7. The monoisotopic (exact) mass is 1400 g/mol. The van der Waals surface area contributed by atoms with E-state index in [4.69, 9.17) is 29.4 Å². The van der Waals surface area contributed by atoms with Crippen molar-refractivity contribution < 1.29 is 43.8 Å². The number of ether oxygens (including phenoxy) is 5. The van der Waals surface area contributed by atoms with Crippen molar-refractivity contribution >= 4 is 33.6 Å². The van der Waals surface area contributed by atoms with Crippen molar-refractivity contribution in [1.82, 2.24) is 16.0 Å². The number of aliphatic hydroxyl groups is 1. The van der Waals surface area contributed by atoms with Crippen molar-refractivity contribution in [1.29, 1.82) is 0 Å². The molecule has 5 fully saturated rings. The van der Waals surface area contributed by atoms with Gasteiger partial charge in [-0.15, -0.1) is 0 Å². The van der Waals surface area contributed by atoms with E-state index in [1.54, 1.807) is 20.3 Å². The molecule has 6 heterocycles. The molecule has 1 saturated heterocycles. The van der Waals surface area contributed by atoms with Crippen LogP contribution in [0.2, 0.25) is 0 Å². The van der Waals surface area contributed by atoms with Crippen LogP contribution in [0.15, 0.2) is 121 Å². The fourth-order valence-electron chi connectivity index (χ4n) is 22.9. The molecule has 0 radical (unpaired) electrons. The summed E-state index contributed by atoms with van der Waals surface area (Å²) in [6.07, 6.45) is 28.9. The maximum absolute atomic E-state index is 14.3. The lowest BCUT2D eigenvalue weighted by Crippen LogP contribution is -2.55. The van der Waals surface area contributed by atoms with E-state index in [9.17, 15) is 20.1 Å². The van der Waals surface area contributed by atoms with Gasteiger partial charge in [0.25, 0.3) is 0 Å². The molecule has 102 heavy (non-hydrogen) atoms. The van der Waals surface area contributed by atoms with E-state index in [0.717, 1.165) is 158 Å². The smallest absolute Gasteiger partial charge is 0.302 e. The number of hydrogen-bond acceptors (Lipinski definition) is 15. The van der Waals surface area contributed by atoms with Crippen molar-refractivity contribution in [3.63, 3.8) is 0 Å². The lowest BCUT2D eigenvalue weighted by Gasteiger charge is -2.59. The van der Waals surface area contributed by atoms with Crippen molar-refractivity contribution in [2.45, 2.75) is 186 Å². The van der Waals surface area contributed by atoms with E-state index in [0.29, 0.717) is 48.1 Å². The third-order valence-corrected chi connectivity index (χ3v) is 30.0. The van der Waals surface area contributed by atoms with Crippen molar-refractivity contribution in [3.05, 3.63) is 176 Å². The largest absolute Gasteiger partial charge is 0.508 e. The number of phenols is 2. The second kappa shape index (κ2) is 26.5. The molecule has 13 aliphatic rings. The van der Waals surface area contributed by atoms with Crippen LogP contribution in [0.1, 0.15) is 177 Å². The molecular weight excluding hydrogens is 1310 g/mol. The van der Waals surface area contributed by atoms with Gasteiger partial charge in [-0.3, -0.25) is 4.79 Å². The van der Waals surface area contributed by atoms with Crippen LogP contribution in [0.5, 0.6) is 28.7 Å². The fraction of sp³-hybridized carbons (Fsp3) is 0.506. The van der Waals surface area contributed by atoms with E-state index in [1.807, 2.05) is 27.7 Å². The van der Waals surface area contributed by atoms with Crippen LogP contribution >= 0.6 is 21.6 Å². The average Bonchev–Trinajstić information content (AvgIpc) is 1.44. The Hall–Kier alpha value is -7.05. The zero-order valence-corrected chi connectivity index (χ0v) is 60.6. The average molecular weight is 1410 g/mol. The molecule has 17 atom stereocenters. The molecule has 15 heteroatoms. The lowest BCUT2D eigenvalue weighted by molar-refractivity contribution is -0.141. The molecule has 11 bridgehead atoms. The van der Waals surface area contributed by atoms with Gasteiger partial charge in [0.2, 0.25) is 0 Å². The van der Waals surface area contributed by atoms with Crippen LogP contribution < -0.4 is 35.9 Å². The predicted molar refractivity (Wildman–Crippen MR) is 402 cm³/mol. The molecule has 0 amide bonds. The van der Waals surface area contributed by atoms with E-state index in [1.165, 1.54) is 30.0 Å². The summed E-state index contributed by atoms with van der Waals surface area (Å²) in [7, 11) is 7.36. The highest BCUT2D eigenvalue weighted by atomic mass is 33.1. The van der Waals surface area contributed by atoms with Gasteiger partial charge in [-0.2, -0.15) is 0 Å². The van der Waals surface area contributed by atoms with Gasteiger partial charge in [0.1, 0.15) is 42.0 Å². The number of methoxy groups -OCH3 is 2. The standard InChI is InChI=1S/C87H96N4O9S2/c1-50(93)98-47-67-61-22-23-63-74-54(39-60(94)41-71(74)97-3)42-85-36-35-84(49-85)34-30-56-16-7-8-33-87(56)58-18-12-17-57(40-58)86(31-9-10-32-86)68-26-20-53(21-27-69-62(83(84)87)25-29-73(88)91-69)75-65(44-89-43-55(45-92)66(68)46-96-2)78(95)81-64(76(75)79(67)99-80(61)77(63)85)24-28-70-82(100-81)72(38-51-13-5-4-6-14-51)102-101-48-52-15-11-19-59(37-52)90-70/h4-6,12-14,17-18,22-25,28-30,34,39-41,52-53,55-56,59,66-68,70,72-73,79,82-83,89-92,94-95H,7-11,15-16,19,31-33,35-38,42-49,88H2,1-3H3/t52-,53-,55-,56+,59+,66+,67-,68+,70-,72-,73?,79-,82-,83+,84-,85-,87+/m0/s1. The summed E-state index contributed by atoms with van der Waals surface area (Å²) in [5.74, 6) is 17.3. The van der Waals surface area contributed by atoms with Crippen LogP contribution in [-0.4, -0.2) is 97.2 Å². The topological polar surface area (TPSA) is 186 Å². The summed E-state index contributed by atoms with van der Waals surface area (Å²) in [5.41, 5.74) is 19.0. The number of fused-ring (bicyclic) bond motifs is 14. The number of aliphatic hydroxyl groups excluding tert-OH is 1. The Morgan fingerprint density at radius 2 is 1.71 bits per heavy atom. The minimum atomic E-state index is -0.897. The maximum atomic E-state index is 14.3. The highest BCUT2D eigenvalue weighted by Gasteiger charge is 2.65. The molecule has 7 aliphatic carbocycles. The Morgan fingerprint density at radius 1 is 0.843 bits per heavy atom. The Bertz CT molecular complexity index is 4440. The Labute approximate surface area is 608 Å². The van der Waals surface area contributed by atoms with E-state index < -0.39 is 57.8 Å². The summed E-state index contributed by atoms with van der Waals surface area (Å²) in [4.78, 5) is 13.8. The Balaban J connectivity index is 0.989. The predicted octanol–water partition coefficient (Wildman–Crippen LogP) is 14.3. The highest BCUT2D eigenvalue weighted by molar-refractivity contribution is 8.77. The summed E-state index contributed by atoms with van der Waals surface area (Å²) in [6, 6.07) is 28.8. The second-order valence-electron chi connectivity index (χ2n) is 32.4. The lowest BCUT2D eigenvalue weighted by atomic mass is 9.44. The molecule has 8 N–H and O–H groups in total. The number of phenolic OH excluding ortho intramolecular Hbond substituents is 2. The first-order valence-electron chi connectivity index (χ1n) is 38.1.